The molecular weight excluding hydrogens is 661 g/mol. The van der Waals surface area contributed by atoms with Crippen molar-refractivity contribution in [3.8, 4) is 45.3 Å². The van der Waals surface area contributed by atoms with Crippen LogP contribution in [0.25, 0.3) is 78.0 Å². The van der Waals surface area contributed by atoms with Crippen LogP contribution in [-0.4, -0.2) is 15.0 Å². The van der Waals surface area contributed by atoms with Gasteiger partial charge in [0, 0.05) is 49.9 Å². The largest absolute Gasteiger partial charge is 0.455 e. The van der Waals surface area contributed by atoms with E-state index in [1.165, 1.54) is 0 Å². The van der Waals surface area contributed by atoms with E-state index in [2.05, 4.69) is 126 Å². The molecule has 0 spiro atoms. The summed E-state index contributed by atoms with van der Waals surface area (Å²) in [5, 5.41) is 4.34. The Balaban J connectivity index is 1.15. The number of hydrogen-bond donors (Lipinski definition) is 0. The lowest BCUT2D eigenvalue weighted by Gasteiger charge is -2.26. The average Bonchev–Trinajstić information content (AvgIpc) is 3.63. The number of hydrogen-bond acceptors (Lipinski definition) is 5. The fourth-order valence-corrected chi connectivity index (χ4v) is 7.30. The van der Waals surface area contributed by atoms with Gasteiger partial charge < -0.3 is 9.32 Å². The lowest BCUT2D eigenvalue weighted by Crippen LogP contribution is -2.09. The van der Waals surface area contributed by atoms with E-state index in [-0.39, 0.29) is 0 Å². The molecule has 0 aliphatic heterocycles. The van der Waals surface area contributed by atoms with Crippen LogP contribution in [0.2, 0.25) is 0 Å². The van der Waals surface area contributed by atoms with Gasteiger partial charge in [0.15, 0.2) is 17.5 Å². The number of rotatable bonds is 7. The quantitative estimate of drug-likeness (QED) is 0.166. The van der Waals surface area contributed by atoms with Gasteiger partial charge in [0.2, 0.25) is 0 Å². The summed E-state index contributed by atoms with van der Waals surface area (Å²) in [6.45, 7) is 0. The average molecular weight is 693 g/mol. The number of aromatic nitrogens is 3. The Labute approximate surface area is 312 Å². The molecule has 0 N–H and O–H groups in total. The second-order valence-electron chi connectivity index (χ2n) is 13.3. The van der Waals surface area contributed by atoms with Crippen LogP contribution in [0, 0.1) is 0 Å². The van der Waals surface area contributed by atoms with E-state index in [1.807, 2.05) is 72.8 Å². The maximum Gasteiger partial charge on any atom is 0.164 e. The molecule has 0 amide bonds. The van der Waals surface area contributed by atoms with Gasteiger partial charge in [-0.2, -0.15) is 0 Å². The van der Waals surface area contributed by atoms with Crippen LogP contribution >= 0.6 is 0 Å². The maximum atomic E-state index is 6.56. The molecule has 8 aromatic carbocycles. The zero-order valence-electron chi connectivity index (χ0n) is 29.2. The van der Waals surface area contributed by atoms with Crippen LogP contribution in [0.4, 0.5) is 17.1 Å². The summed E-state index contributed by atoms with van der Waals surface area (Å²) >= 11 is 0. The molecule has 5 heteroatoms. The van der Waals surface area contributed by atoms with E-state index in [4.69, 9.17) is 19.4 Å². The zero-order valence-corrected chi connectivity index (χ0v) is 29.2. The fourth-order valence-electron chi connectivity index (χ4n) is 7.30. The van der Waals surface area contributed by atoms with Gasteiger partial charge in [-0.3, -0.25) is 0 Å². The summed E-state index contributed by atoms with van der Waals surface area (Å²) in [7, 11) is 0. The number of para-hydroxylation sites is 3. The molecule has 0 saturated heterocycles. The van der Waals surface area contributed by atoms with Gasteiger partial charge in [-0.05, 0) is 71.1 Å². The Bertz CT molecular complexity index is 2810. The van der Waals surface area contributed by atoms with E-state index in [1.54, 1.807) is 0 Å². The van der Waals surface area contributed by atoms with Crippen molar-refractivity contribution in [1.82, 2.24) is 15.0 Å². The van der Waals surface area contributed by atoms with Crippen LogP contribution in [0.3, 0.4) is 0 Å². The molecule has 0 aliphatic rings. The van der Waals surface area contributed by atoms with Gasteiger partial charge in [-0.25, -0.2) is 15.0 Å². The second kappa shape index (κ2) is 13.3. The third-order valence-corrected chi connectivity index (χ3v) is 9.90. The molecule has 2 aromatic heterocycles. The Morgan fingerprint density at radius 2 is 0.815 bits per heavy atom. The lowest BCUT2D eigenvalue weighted by atomic mass is 9.94. The molecule has 0 bridgehead atoms. The Kier molecular flexibility index (Phi) is 7.73. The molecule has 10 aromatic rings. The first kappa shape index (κ1) is 31.4. The van der Waals surface area contributed by atoms with Gasteiger partial charge >= 0.3 is 0 Å². The van der Waals surface area contributed by atoms with Gasteiger partial charge in [-0.15, -0.1) is 0 Å². The predicted octanol–water partition coefficient (Wildman–Crippen LogP) is 13.1. The second-order valence-corrected chi connectivity index (χ2v) is 13.3. The highest BCUT2D eigenvalue weighted by Gasteiger charge is 2.19. The minimum atomic E-state index is 0.624. The predicted molar refractivity (Wildman–Crippen MR) is 221 cm³/mol. The van der Waals surface area contributed by atoms with Crippen molar-refractivity contribution in [3.05, 3.63) is 194 Å². The number of fused-ring (bicyclic) bond motifs is 5. The van der Waals surface area contributed by atoms with Crippen molar-refractivity contribution < 1.29 is 4.42 Å². The van der Waals surface area contributed by atoms with Gasteiger partial charge in [0.25, 0.3) is 0 Å². The standard InChI is InChI=1S/C49H32N4O/c1-5-15-34(16-6-1)47-50-48(35-17-7-2-8-18-35)52-49(51-47)36-27-25-33(26-28-36)42-32-44-40-23-13-14-24-45(40)54-46(44)41-30-29-39(31-43(41)42)53(37-19-9-3-10-20-37)38-21-11-4-12-22-38/h1-32H. The molecule has 54 heavy (non-hydrogen) atoms. The Hall–Kier alpha value is -7.37. The summed E-state index contributed by atoms with van der Waals surface area (Å²) in [4.78, 5) is 17.1. The monoisotopic (exact) mass is 692 g/mol. The first-order valence-corrected chi connectivity index (χ1v) is 18.0. The highest BCUT2D eigenvalue weighted by atomic mass is 16.3. The first-order valence-electron chi connectivity index (χ1n) is 18.0. The Morgan fingerprint density at radius 1 is 0.333 bits per heavy atom. The van der Waals surface area contributed by atoms with Crippen LogP contribution in [0.5, 0.6) is 0 Å². The van der Waals surface area contributed by atoms with Crippen molar-refractivity contribution in [2.24, 2.45) is 0 Å². The third-order valence-electron chi connectivity index (χ3n) is 9.90. The minimum absolute atomic E-state index is 0.624. The molecule has 0 radical (unpaired) electrons. The lowest BCUT2D eigenvalue weighted by molar-refractivity contribution is 0.672. The molecule has 0 atom stereocenters. The Morgan fingerprint density at radius 3 is 1.39 bits per heavy atom. The molecule has 10 rings (SSSR count). The topological polar surface area (TPSA) is 55.1 Å². The molecule has 2 heterocycles. The SMILES string of the molecule is c1ccc(-c2nc(-c3ccccc3)nc(-c3ccc(-c4cc5c6ccccc6oc5c5ccc(N(c6ccccc6)c6ccccc6)cc45)cc3)n2)cc1. The van der Waals surface area contributed by atoms with Crippen molar-refractivity contribution >= 4 is 49.8 Å². The molecule has 0 fully saturated rings. The van der Waals surface area contributed by atoms with Crippen molar-refractivity contribution in [1.29, 1.82) is 0 Å². The molecule has 0 aliphatic carbocycles. The summed E-state index contributed by atoms with van der Waals surface area (Å²) in [5.74, 6) is 1.90. The fraction of sp³-hybridized carbons (Fsp3) is 0. The van der Waals surface area contributed by atoms with E-state index < -0.39 is 0 Å². The summed E-state index contributed by atoms with van der Waals surface area (Å²) in [6, 6.07) is 66.9. The number of furan rings is 1. The van der Waals surface area contributed by atoms with Crippen molar-refractivity contribution in [2.45, 2.75) is 0 Å². The van der Waals surface area contributed by atoms with Gasteiger partial charge in [0.05, 0.1) is 0 Å². The normalized spacial score (nSPS) is 11.3. The highest BCUT2D eigenvalue weighted by Crippen LogP contribution is 2.43. The maximum absolute atomic E-state index is 6.56. The number of anilines is 3. The molecule has 5 nitrogen and oxygen atoms in total. The zero-order chi connectivity index (χ0) is 35.8. The van der Waals surface area contributed by atoms with Gasteiger partial charge in [-0.1, -0.05) is 140 Å². The van der Waals surface area contributed by atoms with E-state index in [0.717, 1.165) is 77.6 Å². The number of benzene rings is 8. The van der Waals surface area contributed by atoms with Crippen molar-refractivity contribution in [3.63, 3.8) is 0 Å². The van der Waals surface area contributed by atoms with Crippen LogP contribution in [0.15, 0.2) is 199 Å². The van der Waals surface area contributed by atoms with E-state index in [9.17, 15) is 0 Å². The molecule has 254 valence electrons. The minimum Gasteiger partial charge on any atom is -0.455 e. The molecule has 0 saturated carbocycles. The van der Waals surface area contributed by atoms with E-state index in [0.29, 0.717) is 17.5 Å². The molecule has 0 unspecified atom stereocenters. The number of nitrogens with zero attached hydrogens (tertiary/aromatic N) is 4. The summed E-state index contributed by atoms with van der Waals surface area (Å²) < 4.78 is 6.56. The van der Waals surface area contributed by atoms with Crippen LogP contribution in [0.1, 0.15) is 0 Å². The summed E-state index contributed by atoms with van der Waals surface area (Å²) in [5.41, 5.74) is 9.98. The van der Waals surface area contributed by atoms with Crippen LogP contribution in [-0.2, 0) is 0 Å². The van der Waals surface area contributed by atoms with Crippen LogP contribution < -0.4 is 4.90 Å². The summed E-state index contributed by atoms with van der Waals surface area (Å²) in [6.07, 6.45) is 0. The van der Waals surface area contributed by atoms with Gasteiger partial charge in [0.1, 0.15) is 11.2 Å². The van der Waals surface area contributed by atoms with Crippen molar-refractivity contribution in [2.75, 3.05) is 4.90 Å². The third kappa shape index (κ3) is 5.65. The smallest absolute Gasteiger partial charge is 0.164 e. The highest BCUT2D eigenvalue weighted by molar-refractivity contribution is 6.19. The first-order chi connectivity index (χ1) is 26.8. The van der Waals surface area contributed by atoms with E-state index >= 15 is 0 Å². The molecular formula is C49H32N4O.